The minimum absolute atomic E-state index is 0.228. The first-order chi connectivity index (χ1) is 12.2. The summed E-state index contributed by atoms with van der Waals surface area (Å²) in [6.07, 6.45) is 3.17. The Morgan fingerprint density at radius 3 is 2.72 bits per heavy atom. The van der Waals surface area contributed by atoms with E-state index in [0.717, 1.165) is 16.6 Å². The van der Waals surface area contributed by atoms with Gasteiger partial charge >= 0.3 is 0 Å². The zero-order valence-corrected chi connectivity index (χ0v) is 13.4. The lowest BCUT2D eigenvalue weighted by atomic mass is 10.1. The van der Waals surface area contributed by atoms with Gasteiger partial charge in [0.1, 0.15) is 6.33 Å². The third kappa shape index (κ3) is 2.85. The monoisotopic (exact) mass is 333 g/mol. The molecule has 8 nitrogen and oxygen atoms in total. The van der Waals surface area contributed by atoms with Gasteiger partial charge in [-0.3, -0.25) is 4.79 Å². The minimum atomic E-state index is -0.657. The standard InChI is InChI=1S/C17H15N7O/c1-23-10-18-14-9-13(7-8-15(14)23)20-17(25)16(24-11-19-21-22-24)12-5-3-2-4-6-12/h2-11,16H,1H3,(H,20,25)/t16-/m1/s1. The number of anilines is 1. The summed E-state index contributed by atoms with van der Waals surface area (Å²) in [6, 6.07) is 14.3. The molecule has 0 fully saturated rings. The summed E-state index contributed by atoms with van der Waals surface area (Å²) >= 11 is 0. The van der Waals surface area contributed by atoms with Crippen LogP contribution in [0.25, 0.3) is 11.0 Å². The number of aryl methyl sites for hydroxylation is 1. The van der Waals surface area contributed by atoms with Crippen LogP contribution in [0.15, 0.2) is 61.2 Å². The van der Waals surface area contributed by atoms with Gasteiger partial charge in [-0.15, -0.1) is 5.10 Å². The molecule has 1 N–H and O–H groups in total. The first kappa shape index (κ1) is 15.0. The van der Waals surface area contributed by atoms with Gasteiger partial charge in [-0.2, -0.15) is 0 Å². The van der Waals surface area contributed by atoms with Crippen molar-refractivity contribution in [2.75, 3.05) is 5.32 Å². The molecule has 0 unspecified atom stereocenters. The van der Waals surface area contributed by atoms with E-state index in [4.69, 9.17) is 0 Å². The summed E-state index contributed by atoms with van der Waals surface area (Å²) < 4.78 is 3.36. The van der Waals surface area contributed by atoms with E-state index in [1.807, 2.05) is 60.1 Å². The highest BCUT2D eigenvalue weighted by Gasteiger charge is 2.24. The molecule has 25 heavy (non-hydrogen) atoms. The van der Waals surface area contributed by atoms with Crippen molar-refractivity contribution in [3.63, 3.8) is 0 Å². The molecule has 0 radical (unpaired) electrons. The number of aromatic nitrogens is 6. The van der Waals surface area contributed by atoms with Crippen molar-refractivity contribution in [2.45, 2.75) is 6.04 Å². The van der Waals surface area contributed by atoms with Gasteiger partial charge in [0.15, 0.2) is 6.04 Å². The molecule has 0 saturated carbocycles. The first-order valence-corrected chi connectivity index (χ1v) is 7.72. The van der Waals surface area contributed by atoms with Gasteiger partial charge in [-0.05, 0) is 34.2 Å². The number of nitrogens with zero attached hydrogens (tertiary/aromatic N) is 6. The van der Waals surface area contributed by atoms with Crippen molar-refractivity contribution in [2.24, 2.45) is 7.05 Å². The van der Waals surface area contributed by atoms with E-state index < -0.39 is 6.04 Å². The van der Waals surface area contributed by atoms with Crippen molar-refractivity contribution in [3.05, 3.63) is 66.7 Å². The molecular weight excluding hydrogens is 318 g/mol. The Labute approximate surface area is 143 Å². The van der Waals surface area contributed by atoms with Gasteiger partial charge in [0, 0.05) is 12.7 Å². The number of carbonyl (C=O) groups is 1. The van der Waals surface area contributed by atoms with Crippen molar-refractivity contribution >= 4 is 22.6 Å². The lowest BCUT2D eigenvalue weighted by Gasteiger charge is -2.16. The molecule has 0 bridgehead atoms. The van der Waals surface area contributed by atoms with Crippen LogP contribution in [0.4, 0.5) is 5.69 Å². The second-order valence-corrected chi connectivity index (χ2v) is 5.65. The van der Waals surface area contributed by atoms with Crippen LogP contribution in [-0.4, -0.2) is 35.7 Å². The van der Waals surface area contributed by atoms with E-state index >= 15 is 0 Å². The quantitative estimate of drug-likeness (QED) is 0.615. The summed E-state index contributed by atoms with van der Waals surface area (Å²) in [5.41, 5.74) is 3.29. The summed E-state index contributed by atoms with van der Waals surface area (Å²) in [5, 5.41) is 14.1. The number of amides is 1. The van der Waals surface area contributed by atoms with Crippen molar-refractivity contribution < 1.29 is 4.79 Å². The minimum Gasteiger partial charge on any atom is -0.334 e. The molecule has 0 aliphatic heterocycles. The highest BCUT2D eigenvalue weighted by molar-refractivity contribution is 5.97. The average Bonchev–Trinajstić information content (AvgIpc) is 3.27. The molecule has 2 heterocycles. The molecule has 4 rings (SSSR count). The van der Waals surface area contributed by atoms with Gasteiger partial charge in [0.05, 0.1) is 17.4 Å². The van der Waals surface area contributed by atoms with E-state index in [2.05, 4.69) is 25.8 Å². The van der Waals surface area contributed by atoms with Crippen LogP contribution in [0.2, 0.25) is 0 Å². The molecule has 8 heteroatoms. The van der Waals surface area contributed by atoms with Crippen LogP contribution in [-0.2, 0) is 11.8 Å². The van der Waals surface area contributed by atoms with E-state index in [9.17, 15) is 4.79 Å². The Kier molecular flexibility index (Phi) is 3.70. The van der Waals surface area contributed by atoms with E-state index in [1.165, 1.54) is 11.0 Å². The van der Waals surface area contributed by atoms with E-state index in [-0.39, 0.29) is 5.91 Å². The topological polar surface area (TPSA) is 90.5 Å². The zero-order valence-electron chi connectivity index (χ0n) is 13.4. The molecule has 0 aliphatic carbocycles. The maximum Gasteiger partial charge on any atom is 0.253 e. The molecule has 4 aromatic rings. The van der Waals surface area contributed by atoms with E-state index in [1.54, 1.807) is 6.33 Å². The number of imidazole rings is 1. The molecule has 1 amide bonds. The van der Waals surface area contributed by atoms with Crippen molar-refractivity contribution in [1.82, 2.24) is 29.8 Å². The maximum absolute atomic E-state index is 12.9. The van der Waals surface area contributed by atoms with Crippen molar-refractivity contribution in [3.8, 4) is 0 Å². The van der Waals surface area contributed by atoms with Gasteiger partial charge in [-0.25, -0.2) is 9.67 Å². The number of fused-ring (bicyclic) bond motifs is 1. The molecule has 2 aromatic carbocycles. The molecule has 2 aromatic heterocycles. The van der Waals surface area contributed by atoms with E-state index in [0.29, 0.717) is 5.69 Å². The SMILES string of the molecule is Cn1cnc2cc(NC(=O)[C@@H](c3ccccc3)n3cnnn3)ccc21. The molecule has 0 saturated heterocycles. The first-order valence-electron chi connectivity index (χ1n) is 7.72. The highest BCUT2D eigenvalue weighted by atomic mass is 16.2. The predicted octanol–water partition coefficient (Wildman–Crippen LogP) is 1.79. The summed E-state index contributed by atoms with van der Waals surface area (Å²) in [5.74, 6) is -0.228. The predicted molar refractivity (Wildman–Crippen MR) is 91.7 cm³/mol. The number of tetrazole rings is 1. The highest BCUT2D eigenvalue weighted by Crippen LogP contribution is 2.21. The van der Waals surface area contributed by atoms with Crippen LogP contribution >= 0.6 is 0 Å². The Morgan fingerprint density at radius 2 is 1.96 bits per heavy atom. The number of benzene rings is 2. The smallest absolute Gasteiger partial charge is 0.253 e. The normalized spacial score (nSPS) is 12.2. The largest absolute Gasteiger partial charge is 0.334 e. The van der Waals surface area contributed by atoms with Gasteiger partial charge in [0.2, 0.25) is 0 Å². The molecule has 124 valence electrons. The fourth-order valence-corrected chi connectivity index (χ4v) is 2.77. The fraction of sp³-hybridized carbons (Fsp3) is 0.118. The lowest BCUT2D eigenvalue weighted by molar-refractivity contribution is -0.118. The number of carbonyl (C=O) groups excluding carboxylic acids is 1. The second-order valence-electron chi connectivity index (χ2n) is 5.65. The second kappa shape index (κ2) is 6.16. The van der Waals surface area contributed by atoms with Gasteiger partial charge in [0.25, 0.3) is 5.91 Å². The van der Waals surface area contributed by atoms with Crippen LogP contribution in [0.3, 0.4) is 0 Å². The Morgan fingerprint density at radius 1 is 1.12 bits per heavy atom. The van der Waals surface area contributed by atoms with Gasteiger partial charge < -0.3 is 9.88 Å². The summed E-state index contributed by atoms with van der Waals surface area (Å²) in [7, 11) is 1.93. The Bertz CT molecular complexity index is 1010. The number of hydrogen-bond acceptors (Lipinski definition) is 5. The number of hydrogen-bond donors (Lipinski definition) is 1. The summed E-state index contributed by atoms with van der Waals surface area (Å²) in [4.78, 5) is 17.2. The Balaban J connectivity index is 1.66. The van der Waals surface area contributed by atoms with Crippen molar-refractivity contribution in [1.29, 1.82) is 0 Å². The number of rotatable bonds is 4. The fourth-order valence-electron chi connectivity index (χ4n) is 2.77. The maximum atomic E-state index is 12.9. The molecule has 0 aliphatic rings. The summed E-state index contributed by atoms with van der Waals surface area (Å²) in [6.45, 7) is 0. The third-order valence-electron chi connectivity index (χ3n) is 3.99. The molecule has 1 atom stereocenters. The lowest BCUT2D eigenvalue weighted by Crippen LogP contribution is -2.27. The van der Waals surface area contributed by atoms with Crippen LogP contribution < -0.4 is 5.32 Å². The van der Waals surface area contributed by atoms with Crippen LogP contribution in [0.1, 0.15) is 11.6 Å². The van der Waals surface area contributed by atoms with Crippen LogP contribution in [0, 0.1) is 0 Å². The zero-order chi connectivity index (χ0) is 17.2. The molecule has 0 spiro atoms. The van der Waals surface area contributed by atoms with Gasteiger partial charge in [-0.1, -0.05) is 30.3 Å². The average molecular weight is 333 g/mol. The van der Waals surface area contributed by atoms with Crippen LogP contribution in [0.5, 0.6) is 0 Å². The third-order valence-corrected chi connectivity index (χ3v) is 3.99. The Hall–Kier alpha value is -3.55. The molecular formula is C17H15N7O. The number of nitrogens with one attached hydrogen (secondary N) is 1.